The molecule has 0 radical (unpaired) electrons. The molecule has 4 heteroatoms. The summed E-state index contributed by atoms with van der Waals surface area (Å²) in [5, 5.41) is 0. The molecule has 0 atom stereocenters. The van der Waals surface area contributed by atoms with Crippen molar-refractivity contribution in [2.24, 2.45) is 5.73 Å². The SMILES string of the molecule is Cc1cc(C)c2c(c1)N(C(=O)CN)CCCN2C. The number of aryl methyl sites for hydroxylation is 2. The minimum Gasteiger partial charge on any atom is -0.373 e. The van der Waals surface area contributed by atoms with Crippen LogP contribution in [0.2, 0.25) is 0 Å². The second kappa shape index (κ2) is 4.98. The van der Waals surface area contributed by atoms with Crippen LogP contribution in [-0.4, -0.2) is 32.6 Å². The number of hydrogen-bond acceptors (Lipinski definition) is 3. The van der Waals surface area contributed by atoms with E-state index in [4.69, 9.17) is 5.73 Å². The third-order valence-corrected chi connectivity index (χ3v) is 3.45. The standard InChI is InChI=1S/C14H21N3O/c1-10-7-11(2)14-12(8-10)17(13(18)9-15)6-4-5-16(14)3/h7-8H,4-6,9,15H2,1-3H3. The Morgan fingerprint density at radius 1 is 1.33 bits per heavy atom. The highest BCUT2D eigenvalue weighted by Gasteiger charge is 2.24. The van der Waals surface area contributed by atoms with Crippen LogP contribution in [0.3, 0.4) is 0 Å². The van der Waals surface area contributed by atoms with Crippen molar-refractivity contribution in [3.8, 4) is 0 Å². The molecule has 2 rings (SSSR count). The Kier molecular flexibility index (Phi) is 3.57. The van der Waals surface area contributed by atoms with Crippen molar-refractivity contribution in [1.82, 2.24) is 0 Å². The molecule has 1 aliphatic heterocycles. The van der Waals surface area contributed by atoms with Crippen molar-refractivity contribution >= 4 is 17.3 Å². The van der Waals surface area contributed by atoms with Gasteiger partial charge in [0.25, 0.3) is 0 Å². The molecule has 0 saturated heterocycles. The molecule has 1 aromatic carbocycles. The number of benzene rings is 1. The van der Waals surface area contributed by atoms with E-state index < -0.39 is 0 Å². The minimum absolute atomic E-state index is 0.00319. The molecule has 18 heavy (non-hydrogen) atoms. The average molecular weight is 247 g/mol. The molecule has 0 unspecified atom stereocenters. The first-order valence-electron chi connectivity index (χ1n) is 6.37. The summed E-state index contributed by atoms with van der Waals surface area (Å²) in [5.74, 6) is -0.00319. The van der Waals surface area contributed by atoms with Crippen molar-refractivity contribution in [2.45, 2.75) is 20.3 Å². The van der Waals surface area contributed by atoms with Crippen LogP contribution in [0, 0.1) is 13.8 Å². The van der Waals surface area contributed by atoms with E-state index in [0.29, 0.717) is 0 Å². The summed E-state index contributed by atoms with van der Waals surface area (Å²) in [6.45, 7) is 5.93. The van der Waals surface area contributed by atoms with Gasteiger partial charge in [0, 0.05) is 20.1 Å². The third kappa shape index (κ3) is 2.20. The van der Waals surface area contributed by atoms with Crippen molar-refractivity contribution in [3.05, 3.63) is 23.3 Å². The monoisotopic (exact) mass is 247 g/mol. The molecular formula is C14H21N3O. The Bertz CT molecular complexity index is 470. The topological polar surface area (TPSA) is 49.6 Å². The predicted molar refractivity (Wildman–Crippen MR) is 75.2 cm³/mol. The van der Waals surface area contributed by atoms with Gasteiger partial charge in [-0.2, -0.15) is 0 Å². The molecule has 0 aliphatic carbocycles. The summed E-state index contributed by atoms with van der Waals surface area (Å²) in [6, 6.07) is 4.24. The maximum Gasteiger partial charge on any atom is 0.240 e. The summed E-state index contributed by atoms with van der Waals surface area (Å²) in [5.41, 5.74) is 10.1. The molecule has 1 heterocycles. The van der Waals surface area contributed by atoms with E-state index >= 15 is 0 Å². The Morgan fingerprint density at radius 3 is 2.72 bits per heavy atom. The smallest absolute Gasteiger partial charge is 0.240 e. The lowest BCUT2D eigenvalue weighted by Gasteiger charge is -2.26. The highest BCUT2D eigenvalue weighted by molar-refractivity contribution is 5.98. The number of nitrogens with zero attached hydrogens (tertiary/aromatic N) is 2. The number of anilines is 2. The van der Waals surface area contributed by atoms with Crippen LogP contribution in [0.4, 0.5) is 11.4 Å². The first kappa shape index (κ1) is 12.9. The van der Waals surface area contributed by atoms with Gasteiger partial charge in [0.1, 0.15) is 0 Å². The van der Waals surface area contributed by atoms with Gasteiger partial charge in [-0.3, -0.25) is 4.79 Å². The van der Waals surface area contributed by atoms with Gasteiger partial charge in [-0.15, -0.1) is 0 Å². The number of carbonyl (C=O) groups is 1. The van der Waals surface area contributed by atoms with E-state index in [9.17, 15) is 4.79 Å². The lowest BCUT2D eigenvalue weighted by Crippen LogP contribution is -2.36. The van der Waals surface area contributed by atoms with Gasteiger partial charge in [-0.1, -0.05) is 6.07 Å². The average Bonchev–Trinajstić information content (AvgIpc) is 2.47. The molecule has 1 aliphatic rings. The zero-order valence-electron chi connectivity index (χ0n) is 11.4. The Morgan fingerprint density at radius 2 is 2.06 bits per heavy atom. The van der Waals surface area contributed by atoms with Crippen LogP contribution in [0.25, 0.3) is 0 Å². The predicted octanol–water partition coefficient (Wildman–Crippen LogP) is 1.44. The second-order valence-corrected chi connectivity index (χ2v) is 4.97. The molecule has 4 nitrogen and oxygen atoms in total. The summed E-state index contributed by atoms with van der Waals surface area (Å²) in [6.07, 6.45) is 0.968. The number of amides is 1. The van der Waals surface area contributed by atoms with Crippen LogP contribution in [0.15, 0.2) is 12.1 Å². The van der Waals surface area contributed by atoms with E-state index in [0.717, 1.165) is 30.9 Å². The largest absolute Gasteiger partial charge is 0.373 e. The lowest BCUT2D eigenvalue weighted by molar-refractivity contribution is -0.117. The number of hydrogen-bond donors (Lipinski definition) is 1. The van der Waals surface area contributed by atoms with Gasteiger partial charge in [-0.25, -0.2) is 0 Å². The van der Waals surface area contributed by atoms with Crippen molar-refractivity contribution < 1.29 is 4.79 Å². The van der Waals surface area contributed by atoms with Crippen LogP contribution >= 0.6 is 0 Å². The number of fused-ring (bicyclic) bond motifs is 1. The van der Waals surface area contributed by atoms with Crippen LogP contribution < -0.4 is 15.5 Å². The quantitative estimate of drug-likeness (QED) is 0.817. The fraction of sp³-hybridized carbons (Fsp3) is 0.500. The molecule has 0 spiro atoms. The number of carbonyl (C=O) groups excluding carboxylic acids is 1. The molecule has 0 aromatic heterocycles. The molecule has 98 valence electrons. The Balaban J connectivity index is 2.57. The summed E-state index contributed by atoms with van der Waals surface area (Å²) >= 11 is 0. The molecule has 0 fully saturated rings. The number of nitrogens with two attached hydrogens (primary N) is 1. The molecule has 1 amide bonds. The van der Waals surface area contributed by atoms with Gasteiger partial charge < -0.3 is 15.5 Å². The van der Waals surface area contributed by atoms with E-state index in [2.05, 4.69) is 37.9 Å². The van der Waals surface area contributed by atoms with Gasteiger partial charge in [-0.05, 0) is 37.5 Å². The van der Waals surface area contributed by atoms with Crippen molar-refractivity contribution in [2.75, 3.05) is 36.5 Å². The molecular weight excluding hydrogens is 226 g/mol. The molecule has 0 saturated carbocycles. The summed E-state index contributed by atoms with van der Waals surface area (Å²) in [4.78, 5) is 16.1. The zero-order chi connectivity index (χ0) is 13.3. The molecule has 0 bridgehead atoms. The van der Waals surface area contributed by atoms with E-state index in [1.165, 1.54) is 11.1 Å². The molecule has 2 N–H and O–H groups in total. The van der Waals surface area contributed by atoms with Crippen molar-refractivity contribution in [1.29, 1.82) is 0 Å². The zero-order valence-corrected chi connectivity index (χ0v) is 11.4. The fourth-order valence-electron chi connectivity index (χ4n) is 2.71. The maximum absolute atomic E-state index is 12.0. The van der Waals surface area contributed by atoms with Gasteiger partial charge in [0.05, 0.1) is 17.9 Å². The highest BCUT2D eigenvalue weighted by Crippen LogP contribution is 2.35. The minimum atomic E-state index is -0.00319. The van der Waals surface area contributed by atoms with Gasteiger partial charge in [0.2, 0.25) is 5.91 Å². The second-order valence-electron chi connectivity index (χ2n) is 4.97. The Hall–Kier alpha value is -1.55. The number of rotatable bonds is 1. The molecule has 1 aromatic rings. The van der Waals surface area contributed by atoms with Crippen LogP contribution in [-0.2, 0) is 4.79 Å². The summed E-state index contributed by atoms with van der Waals surface area (Å²) in [7, 11) is 2.08. The summed E-state index contributed by atoms with van der Waals surface area (Å²) < 4.78 is 0. The lowest BCUT2D eigenvalue weighted by atomic mass is 10.1. The first-order chi connectivity index (χ1) is 8.54. The van der Waals surface area contributed by atoms with E-state index in [1.807, 2.05) is 4.90 Å². The normalized spacial score (nSPS) is 15.3. The van der Waals surface area contributed by atoms with Gasteiger partial charge >= 0.3 is 0 Å². The third-order valence-electron chi connectivity index (χ3n) is 3.45. The maximum atomic E-state index is 12.0. The van der Waals surface area contributed by atoms with E-state index in [1.54, 1.807) is 0 Å². The first-order valence-corrected chi connectivity index (χ1v) is 6.37. The van der Waals surface area contributed by atoms with Crippen molar-refractivity contribution in [3.63, 3.8) is 0 Å². The Labute approximate surface area is 108 Å². The fourth-order valence-corrected chi connectivity index (χ4v) is 2.71. The van der Waals surface area contributed by atoms with E-state index in [-0.39, 0.29) is 12.5 Å². The van der Waals surface area contributed by atoms with Gasteiger partial charge in [0.15, 0.2) is 0 Å². The highest BCUT2D eigenvalue weighted by atomic mass is 16.2. The van der Waals surface area contributed by atoms with Crippen LogP contribution in [0.1, 0.15) is 17.5 Å². The van der Waals surface area contributed by atoms with Crippen LogP contribution in [0.5, 0.6) is 0 Å².